The van der Waals surface area contributed by atoms with Crippen molar-refractivity contribution in [2.45, 2.75) is 19.4 Å². The number of carbonyl (C=O) groups excluding carboxylic acids is 1. The predicted molar refractivity (Wildman–Crippen MR) is 75.2 cm³/mol. The molecule has 1 aromatic rings. The van der Waals surface area contributed by atoms with Crippen molar-refractivity contribution in [1.82, 2.24) is 10.2 Å². The Morgan fingerprint density at radius 1 is 1.55 bits per heavy atom. The third-order valence-corrected chi connectivity index (χ3v) is 3.54. The first kappa shape index (κ1) is 14.4. The van der Waals surface area contributed by atoms with Crippen LogP contribution >= 0.6 is 0 Å². The van der Waals surface area contributed by atoms with Gasteiger partial charge in [0, 0.05) is 20.1 Å². The number of piperidine rings is 1. The van der Waals surface area contributed by atoms with E-state index in [1.54, 1.807) is 13.3 Å². The molecule has 0 atom stereocenters. The van der Waals surface area contributed by atoms with Crippen LogP contribution in [0.4, 0.5) is 0 Å². The molecular formula is C14H21N3O3. The topological polar surface area (TPSA) is 67.1 Å². The molecule has 1 aliphatic heterocycles. The van der Waals surface area contributed by atoms with Gasteiger partial charge in [-0.05, 0) is 25.0 Å². The highest BCUT2D eigenvalue weighted by Crippen LogP contribution is 2.18. The number of esters is 1. The minimum Gasteiger partial charge on any atom is -0.469 e. The van der Waals surface area contributed by atoms with Gasteiger partial charge in [0.15, 0.2) is 5.96 Å². The standard InChI is InChI=1S/C14H21N3O3/c1-15-14(16-10-12-4-3-9-20-12)17-7-5-11(6-8-17)13(18)19-2/h3-4,9,11H,5-8,10H2,1-2H3,(H,15,16). The second-order valence-electron chi connectivity index (χ2n) is 4.76. The Labute approximate surface area is 118 Å². The Morgan fingerprint density at radius 2 is 2.30 bits per heavy atom. The Hall–Kier alpha value is -1.98. The first-order valence-corrected chi connectivity index (χ1v) is 6.80. The Morgan fingerprint density at radius 3 is 2.85 bits per heavy atom. The number of rotatable bonds is 3. The first-order chi connectivity index (χ1) is 9.74. The highest BCUT2D eigenvalue weighted by molar-refractivity contribution is 5.80. The zero-order chi connectivity index (χ0) is 14.4. The molecule has 0 saturated carbocycles. The molecule has 0 aromatic carbocycles. The van der Waals surface area contributed by atoms with Crippen LogP contribution < -0.4 is 5.32 Å². The molecule has 1 N–H and O–H groups in total. The van der Waals surface area contributed by atoms with Crippen molar-refractivity contribution in [3.63, 3.8) is 0 Å². The fraction of sp³-hybridized carbons (Fsp3) is 0.571. The van der Waals surface area contributed by atoms with Crippen molar-refractivity contribution in [2.24, 2.45) is 10.9 Å². The summed E-state index contributed by atoms with van der Waals surface area (Å²) < 4.78 is 10.1. The van der Waals surface area contributed by atoms with E-state index in [-0.39, 0.29) is 11.9 Å². The maximum atomic E-state index is 11.5. The van der Waals surface area contributed by atoms with Crippen LogP contribution in [0.2, 0.25) is 0 Å². The van der Waals surface area contributed by atoms with Gasteiger partial charge in [-0.3, -0.25) is 9.79 Å². The quantitative estimate of drug-likeness (QED) is 0.512. The lowest BCUT2D eigenvalue weighted by atomic mass is 9.97. The number of hydrogen-bond donors (Lipinski definition) is 1. The van der Waals surface area contributed by atoms with Gasteiger partial charge in [-0.1, -0.05) is 0 Å². The van der Waals surface area contributed by atoms with Crippen molar-refractivity contribution in [3.05, 3.63) is 24.2 Å². The van der Waals surface area contributed by atoms with E-state index >= 15 is 0 Å². The number of guanidine groups is 1. The van der Waals surface area contributed by atoms with Crippen molar-refractivity contribution in [2.75, 3.05) is 27.2 Å². The van der Waals surface area contributed by atoms with E-state index in [4.69, 9.17) is 9.15 Å². The number of nitrogens with one attached hydrogen (secondary N) is 1. The summed E-state index contributed by atoms with van der Waals surface area (Å²) in [5.74, 6) is 1.61. The molecule has 0 unspecified atom stereocenters. The summed E-state index contributed by atoms with van der Waals surface area (Å²) in [6.45, 7) is 2.21. The molecule has 2 rings (SSSR count). The maximum absolute atomic E-state index is 11.5. The molecule has 20 heavy (non-hydrogen) atoms. The van der Waals surface area contributed by atoms with Crippen LogP contribution in [0.3, 0.4) is 0 Å². The summed E-state index contributed by atoms with van der Waals surface area (Å²) in [6, 6.07) is 3.78. The van der Waals surface area contributed by atoms with E-state index in [1.165, 1.54) is 7.11 Å². The van der Waals surface area contributed by atoms with Crippen LogP contribution in [0.1, 0.15) is 18.6 Å². The Bertz CT molecular complexity index is 448. The third-order valence-electron chi connectivity index (χ3n) is 3.54. The summed E-state index contributed by atoms with van der Waals surface area (Å²) in [4.78, 5) is 17.9. The van der Waals surface area contributed by atoms with Crippen molar-refractivity contribution >= 4 is 11.9 Å². The molecule has 1 aromatic heterocycles. The fourth-order valence-corrected chi connectivity index (χ4v) is 2.41. The molecule has 0 bridgehead atoms. The van der Waals surface area contributed by atoms with Gasteiger partial charge >= 0.3 is 5.97 Å². The molecule has 1 aliphatic rings. The SMILES string of the molecule is CN=C(NCc1ccco1)N1CCC(C(=O)OC)CC1. The number of likely N-dealkylation sites (tertiary alicyclic amines) is 1. The lowest BCUT2D eigenvalue weighted by Crippen LogP contribution is -2.46. The lowest BCUT2D eigenvalue weighted by Gasteiger charge is -2.33. The molecule has 0 amide bonds. The van der Waals surface area contributed by atoms with Gasteiger partial charge in [0.05, 0.1) is 25.8 Å². The maximum Gasteiger partial charge on any atom is 0.308 e. The third kappa shape index (κ3) is 3.53. The number of nitrogens with zero attached hydrogens (tertiary/aromatic N) is 2. The summed E-state index contributed by atoms with van der Waals surface area (Å²) in [5, 5.41) is 3.27. The number of carbonyl (C=O) groups is 1. The molecule has 0 radical (unpaired) electrons. The lowest BCUT2D eigenvalue weighted by molar-refractivity contribution is -0.146. The fourth-order valence-electron chi connectivity index (χ4n) is 2.41. The average Bonchev–Trinajstić information content (AvgIpc) is 3.01. The summed E-state index contributed by atoms with van der Waals surface area (Å²) in [7, 11) is 3.20. The molecule has 110 valence electrons. The number of methoxy groups -OCH3 is 1. The zero-order valence-corrected chi connectivity index (χ0v) is 12.0. The van der Waals surface area contributed by atoms with Crippen LogP contribution in [0, 0.1) is 5.92 Å². The zero-order valence-electron chi connectivity index (χ0n) is 12.0. The highest BCUT2D eigenvalue weighted by atomic mass is 16.5. The Balaban J connectivity index is 1.83. The molecule has 6 nitrogen and oxygen atoms in total. The second-order valence-corrected chi connectivity index (χ2v) is 4.76. The normalized spacial score (nSPS) is 17.1. The van der Waals surface area contributed by atoms with E-state index in [9.17, 15) is 4.79 Å². The van der Waals surface area contributed by atoms with Gasteiger partial charge in [-0.2, -0.15) is 0 Å². The minimum atomic E-state index is -0.108. The number of aliphatic imine (C=N–C) groups is 1. The highest BCUT2D eigenvalue weighted by Gasteiger charge is 2.26. The van der Waals surface area contributed by atoms with E-state index in [1.807, 2.05) is 12.1 Å². The largest absolute Gasteiger partial charge is 0.469 e. The van der Waals surface area contributed by atoms with Gasteiger partial charge in [-0.25, -0.2) is 0 Å². The van der Waals surface area contributed by atoms with Crippen molar-refractivity contribution in [1.29, 1.82) is 0 Å². The van der Waals surface area contributed by atoms with Crippen molar-refractivity contribution < 1.29 is 13.9 Å². The first-order valence-electron chi connectivity index (χ1n) is 6.80. The summed E-state index contributed by atoms with van der Waals surface area (Å²) in [5.41, 5.74) is 0. The van der Waals surface area contributed by atoms with Crippen LogP contribution in [0.25, 0.3) is 0 Å². The Kier molecular flexibility index (Phi) is 5.03. The summed E-state index contributed by atoms with van der Waals surface area (Å²) >= 11 is 0. The van der Waals surface area contributed by atoms with Gasteiger partial charge in [-0.15, -0.1) is 0 Å². The molecule has 6 heteroatoms. The van der Waals surface area contributed by atoms with E-state index < -0.39 is 0 Å². The monoisotopic (exact) mass is 279 g/mol. The second kappa shape index (κ2) is 6.98. The number of furan rings is 1. The summed E-state index contributed by atoms with van der Waals surface area (Å²) in [6.07, 6.45) is 3.25. The predicted octanol–water partition coefficient (Wildman–Crippen LogP) is 1.24. The van der Waals surface area contributed by atoms with E-state index in [0.29, 0.717) is 6.54 Å². The molecule has 0 aliphatic carbocycles. The van der Waals surface area contributed by atoms with Crippen LogP contribution in [-0.4, -0.2) is 44.1 Å². The molecule has 1 saturated heterocycles. The van der Waals surface area contributed by atoms with E-state index in [0.717, 1.165) is 37.7 Å². The van der Waals surface area contributed by atoms with Gasteiger partial charge in [0.1, 0.15) is 5.76 Å². The number of ether oxygens (including phenoxy) is 1. The molecular weight excluding hydrogens is 258 g/mol. The van der Waals surface area contributed by atoms with Crippen molar-refractivity contribution in [3.8, 4) is 0 Å². The smallest absolute Gasteiger partial charge is 0.308 e. The minimum absolute atomic E-state index is 0.0134. The van der Waals surface area contributed by atoms with Crippen LogP contribution in [-0.2, 0) is 16.1 Å². The molecule has 0 spiro atoms. The van der Waals surface area contributed by atoms with Crippen LogP contribution in [0.15, 0.2) is 27.8 Å². The van der Waals surface area contributed by atoms with Gasteiger partial charge < -0.3 is 19.4 Å². The number of hydrogen-bond acceptors (Lipinski definition) is 4. The van der Waals surface area contributed by atoms with Crippen LogP contribution in [0.5, 0.6) is 0 Å². The van der Waals surface area contributed by atoms with Gasteiger partial charge in [0.25, 0.3) is 0 Å². The molecule has 2 heterocycles. The average molecular weight is 279 g/mol. The van der Waals surface area contributed by atoms with E-state index in [2.05, 4.69) is 15.2 Å². The molecule has 1 fully saturated rings. The van der Waals surface area contributed by atoms with Gasteiger partial charge in [0.2, 0.25) is 0 Å².